The van der Waals surface area contributed by atoms with E-state index in [4.69, 9.17) is 4.74 Å². The van der Waals surface area contributed by atoms with Crippen LogP contribution in [0.1, 0.15) is 6.42 Å². The Morgan fingerprint density at radius 3 is 3.19 bits per heavy atom. The van der Waals surface area contributed by atoms with Crippen LogP contribution in [0.4, 0.5) is 15.8 Å². The van der Waals surface area contributed by atoms with Crippen molar-refractivity contribution in [1.29, 1.82) is 0 Å². The molecule has 2 aliphatic heterocycles. The fourth-order valence-corrected chi connectivity index (χ4v) is 2.68. The van der Waals surface area contributed by atoms with Gasteiger partial charge in [-0.15, -0.1) is 0 Å². The van der Waals surface area contributed by atoms with Crippen LogP contribution in [-0.2, 0) is 4.74 Å². The lowest BCUT2D eigenvalue weighted by Crippen LogP contribution is -2.39. The molecule has 2 unspecified atom stereocenters. The molecule has 16 heavy (non-hydrogen) atoms. The summed E-state index contributed by atoms with van der Waals surface area (Å²) in [7, 11) is 1.74. The summed E-state index contributed by atoms with van der Waals surface area (Å²) < 4.78 is 19.0. The number of nitrogens with zero attached hydrogens (tertiary/aromatic N) is 1. The number of hydrogen-bond acceptors (Lipinski definition) is 3. The van der Waals surface area contributed by atoms with Crippen LogP contribution in [0, 0.1) is 5.82 Å². The van der Waals surface area contributed by atoms with E-state index in [1.54, 1.807) is 13.2 Å². The zero-order valence-electron chi connectivity index (χ0n) is 9.24. The Kier molecular flexibility index (Phi) is 2.24. The van der Waals surface area contributed by atoms with Crippen LogP contribution < -0.4 is 10.2 Å². The second-order valence-corrected chi connectivity index (χ2v) is 4.41. The number of anilines is 2. The third kappa shape index (κ3) is 1.37. The van der Waals surface area contributed by atoms with Crippen LogP contribution in [-0.4, -0.2) is 32.3 Å². The van der Waals surface area contributed by atoms with Crippen LogP contribution in [0.2, 0.25) is 0 Å². The van der Waals surface area contributed by atoms with Gasteiger partial charge in [-0.05, 0) is 18.6 Å². The predicted octanol–water partition coefficient (Wildman–Crippen LogP) is 1.84. The number of methoxy groups -OCH3 is 1. The molecule has 0 radical (unpaired) electrons. The molecule has 0 aliphatic carbocycles. The fraction of sp³-hybridized carbons (Fsp3) is 0.500. The molecule has 1 aromatic carbocycles. The average molecular weight is 222 g/mol. The van der Waals surface area contributed by atoms with Crippen LogP contribution in [0.25, 0.3) is 0 Å². The van der Waals surface area contributed by atoms with E-state index in [0.717, 1.165) is 25.2 Å². The number of fused-ring (bicyclic) bond motifs is 3. The highest BCUT2D eigenvalue weighted by Gasteiger charge is 2.36. The van der Waals surface area contributed by atoms with E-state index >= 15 is 0 Å². The third-order valence-corrected chi connectivity index (χ3v) is 3.52. The molecule has 2 heterocycles. The minimum Gasteiger partial charge on any atom is -0.380 e. The van der Waals surface area contributed by atoms with E-state index in [1.807, 2.05) is 6.07 Å². The predicted molar refractivity (Wildman–Crippen MR) is 61.4 cm³/mol. The van der Waals surface area contributed by atoms with Crippen LogP contribution in [0.3, 0.4) is 0 Å². The molecule has 0 amide bonds. The quantitative estimate of drug-likeness (QED) is 0.784. The second-order valence-electron chi connectivity index (χ2n) is 4.41. The summed E-state index contributed by atoms with van der Waals surface area (Å²) in [5.74, 6) is -0.170. The molecular weight excluding hydrogens is 207 g/mol. The standard InChI is InChI=1S/C12H15FN2O/c1-16-9-5-8-6-14-12-10(13)3-2-4-11(12)15(8)7-9/h2-4,8-9,14H,5-7H2,1H3. The van der Waals surface area contributed by atoms with Gasteiger partial charge in [0.15, 0.2) is 0 Å². The molecule has 2 atom stereocenters. The summed E-state index contributed by atoms with van der Waals surface area (Å²) >= 11 is 0. The first-order valence-electron chi connectivity index (χ1n) is 5.61. The lowest BCUT2D eigenvalue weighted by Gasteiger charge is -2.34. The van der Waals surface area contributed by atoms with E-state index < -0.39 is 0 Å². The van der Waals surface area contributed by atoms with Crippen molar-refractivity contribution in [2.75, 3.05) is 30.4 Å². The van der Waals surface area contributed by atoms with Crippen molar-refractivity contribution in [3.63, 3.8) is 0 Å². The molecular formula is C12H15FN2O. The minimum atomic E-state index is -0.170. The Hall–Kier alpha value is -1.29. The molecule has 0 aromatic heterocycles. The first-order chi connectivity index (χ1) is 7.79. The van der Waals surface area contributed by atoms with Crippen molar-refractivity contribution in [1.82, 2.24) is 0 Å². The van der Waals surface area contributed by atoms with Crippen molar-refractivity contribution in [3.8, 4) is 0 Å². The molecule has 3 nitrogen and oxygen atoms in total. The topological polar surface area (TPSA) is 24.5 Å². The summed E-state index contributed by atoms with van der Waals surface area (Å²) in [6, 6.07) is 5.66. The number of halogens is 1. The molecule has 86 valence electrons. The molecule has 0 saturated carbocycles. The molecule has 1 saturated heterocycles. The van der Waals surface area contributed by atoms with E-state index in [-0.39, 0.29) is 11.9 Å². The third-order valence-electron chi connectivity index (χ3n) is 3.52. The van der Waals surface area contributed by atoms with E-state index in [9.17, 15) is 4.39 Å². The highest BCUT2D eigenvalue weighted by atomic mass is 19.1. The first-order valence-corrected chi connectivity index (χ1v) is 5.61. The van der Waals surface area contributed by atoms with E-state index in [2.05, 4.69) is 10.2 Å². The van der Waals surface area contributed by atoms with Crippen LogP contribution in [0.5, 0.6) is 0 Å². The van der Waals surface area contributed by atoms with Gasteiger partial charge in [-0.1, -0.05) is 6.07 Å². The highest BCUT2D eigenvalue weighted by molar-refractivity contribution is 5.74. The lowest BCUT2D eigenvalue weighted by atomic mass is 10.1. The summed E-state index contributed by atoms with van der Waals surface area (Å²) in [6.45, 7) is 1.66. The monoisotopic (exact) mass is 222 g/mol. The van der Waals surface area contributed by atoms with Crippen molar-refractivity contribution in [3.05, 3.63) is 24.0 Å². The Morgan fingerprint density at radius 2 is 2.38 bits per heavy atom. The van der Waals surface area contributed by atoms with Crippen molar-refractivity contribution in [2.45, 2.75) is 18.6 Å². The molecule has 0 spiro atoms. The Morgan fingerprint density at radius 1 is 1.50 bits per heavy atom. The average Bonchev–Trinajstić information content (AvgIpc) is 2.72. The van der Waals surface area contributed by atoms with E-state index in [0.29, 0.717) is 11.7 Å². The van der Waals surface area contributed by atoms with Gasteiger partial charge in [0, 0.05) is 26.2 Å². The molecule has 1 aromatic rings. The Balaban J connectivity index is 1.97. The Bertz CT molecular complexity index is 410. The first kappa shape index (κ1) is 9.90. The van der Waals surface area contributed by atoms with Gasteiger partial charge in [-0.25, -0.2) is 4.39 Å². The summed E-state index contributed by atoms with van der Waals surface area (Å²) in [5.41, 5.74) is 1.60. The van der Waals surface area contributed by atoms with Crippen molar-refractivity contribution in [2.24, 2.45) is 0 Å². The second kappa shape index (κ2) is 3.63. The Labute approximate surface area is 94.2 Å². The maximum Gasteiger partial charge on any atom is 0.148 e. The highest BCUT2D eigenvalue weighted by Crippen LogP contribution is 2.37. The number of nitrogens with one attached hydrogen (secondary N) is 1. The van der Waals surface area contributed by atoms with Gasteiger partial charge >= 0.3 is 0 Å². The molecule has 1 N–H and O–H groups in total. The largest absolute Gasteiger partial charge is 0.380 e. The van der Waals surface area contributed by atoms with Gasteiger partial charge < -0.3 is 15.0 Å². The summed E-state index contributed by atoms with van der Waals surface area (Å²) in [4.78, 5) is 2.25. The van der Waals surface area contributed by atoms with Gasteiger partial charge in [0.1, 0.15) is 5.82 Å². The van der Waals surface area contributed by atoms with Crippen molar-refractivity contribution < 1.29 is 9.13 Å². The van der Waals surface area contributed by atoms with Crippen molar-refractivity contribution >= 4 is 11.4 Å². The molecule has 2 aliphatic rings. The molecule has 0 bridgehead atoms. The number of rotatable bonds is 1. The zero-order valence-corrected chi connectivity index (χ0v) is 9.24. The van der Waals surface area contributed by atoms with Gasteiger partial charge in [0.25, 0.3) is 0 Å². The minimum absolute atomic E-state index is 0.170. The zero-order chi connectivity index (χ0) is 11.1. The molecule has 4 heteroatoms. The van der Waals surface area contributed by atoms with Gasteiger partial charge in [-0.3, -0.25) is 0 Å². The maximum absolute atomic E-state index is 13.6. The van der Waals surface area contributed by atoms with Gasteiger partial charge in [0.2, 0.25) is 0 Å². The number of hydrogen-bond donors (Lipinski definition) is 1. The smallest absolute Gasteiger partial charge is 0.148 e. The van der Waals surface area contributed by atoms with Gasteiger partial charge in [0.05, 0.1) is 17.5 Å². The summed E-state index contributed by atoms with van der Waals surface area (Å²) in [5, 5.41) is 3.17. The SMILES string of the molecule is COC1CC2CNc3c(F)cccc3N2C1. The summed E-state index contributed by atoms with van der Waals surface area (Å²) in [6.07, 6.45) is 1.28. The van der Waals surface area contributed by atoms with Crippen LogP contribution >= 0.6 is 0 Å². The molecule has 1 fully saturated rings. The number of ether oxygens (including phenoxy) is 1. The fourth-order valence-electron chi connectivity index (χ4n) is 2.68. The number of benzene rings is 1. The maximum atomic E-state index is 13.6. The lowest BCUT2D eigenvalue weighted by molar-refractivity contribution is 0.118. The molecule has 3 rings (SSSR count). The normalized spacial score (nSPS) is 27.2. The van der Waals surface area contributed by atoms with Crippen LogP contribution in [0.15, 0.2) is 18.2 Å². The number of para-hydroxylation sites is 1. The van der Waals surface area contributed by atoms with Gasteiger partial charge in [-0.2, -0.15) is 0 Å². The van der Waals surface area contributed by atoms with E-state index in [1.165, 1.54) is 6.07 Å².